The second kappa shape index (κ2) is 5.83. The highest BCUT2D eigenvalue weighted by Crippen LogP contribution is 2.29. The fourth-order valence-electron chi connectivity index (χ4n) is 3.27. The monoisotopic (exact) mass is 275 g/mol. The zero-order valence-electron chi connectivity index (χ0n) is 11.9. The molecule has 1 aromatic rings. The number of methoxy groups -OCH3 is 1. The van der Waals surface area contributed by atoms with Crippen LogP contribution in [0, 0.1) is 0 Å². The van der Waals surface area contributed by atoms with E-state index < -0.39 is 0 Å². The first-order chi connectivity index (χ1) is 9.79. The molecule has 0 bridgehead atoms. The highest BCUT2D eigenvalue weighted by atomic mass is 16.5. The first-order valence-corrected chi connectivity index (χ1v) is 7.36. The number of benzene rings is 1. The lowest BCUT2D eigenvalue weighted by molar-refractivity contribution is -0.0752. The number of hydrogen-bond donors (Lipinski definition) is 0. The minimum absolute atomic E-state index is 0.101. The maximum Gasteiger partial charge on any atom is 0.254 e. The second-order valence-corrected chi connectivity index (χ2v) is 5.49. The van der Waals surface area contributed by atoms with Gasteiger partial charge in [0.15, 0.2) is 0 Å². The molecule has 1 saturated heterocycles. The quantitative estimate of drug-likeness (QED) is 0.832. The maximum atomic E-state index is 12.7. The number of fused-ring (bicyclic) bond motifs is 1. The van der Waals surface area contributed by atoms with Gasteiger partial charge in [-0.15, -0.1) is 0 Å². The van der Waals surface area contributed by atoms with E-state index in [0.29, 0.717) is 18.7 Å². The van der Waals surface area contributed by atoms with Crippen molar-refractivity contribution in [1.29, 1.82) is 0 Å². The Bertz CT molecular complexity index is 486. The first-order valence-electron chi connectivity index (χ1n) is 7.36. The lowest BCUT2D eigenvalue weighted by atomic mass is 9.89. The molecule has 1 aliphatic heterocycles. The molecule has 3 rings (SSSR count). The van der Waals surface area contributed by atoms with Gasteiger partial charge in [0.25, 0.3) is 5.91 Å². The largest absolute Gasteiger partial charge is 0.497 e. The van der Waals surface area contributed by atoms with Crippen LogP contribution < -0.4 is 4.74 Å². The molecule has 108 valence electrons. The Morgan fingerprint density at radius 3 is 3.05 bits per heavy atom. The van der Waals surface area contributed by atoms with E-state index in [0.717, 1.165) is 18.6 Å². The first kappa shape index (κ1) is 13.4. The van der Waals surface area contributed by atoms with Crippen molar-refractivity contribution in [2.24, 2.45) is 0 Å². The van der Waals surface area contributed by atoms with Gasteiger partial charge >= 0.3 is 0 Å². The van der Waals surface area contributed by atoms with Gasteiger partial charge in [-0.25, -0.2) is 0 Å². The predicted molar refractivity (Wildman–Crippen MR) is 76.0 cm³/mol. The van der Waals surface area contributed by atoms with Crippen LogP contribution in [0.1, 0.15) is 36.0 Å². The molecule has 1 aliphatic carbocycles. The van der Waals surface area contributed by atoms with Crippen LogP contribution in [0.4, 0.5) is 0 Å². The molecule has 0 N–H and O–H groups in total. The third kappa shape index (κ3) is 2.52. The maximum absolute atomic E-state index is 12.7. The van der Waals surface area contributed by atoms with Crippen LogP contribution in [0.5, 0.6) is 5.75 Å². The number of nitrogens with zero attached hydrogens (tertiary/aromatic N) is 1. The van der Waals surface area contributed by atoms with Crippen molar-refractivity contribution in [3.8, 4) is 5.75 Å². The van der Waals surface area contributed by atoms with Crippen LogP contribution in [0.15, 0.2) is 24.3 Å². The van der Waals surface area contributed by atoms with Gasteiger partial charge in [0.2, 0.25) is 0 Å². The van der Waals surface area contributed by atoms with E-state index in [1.807, 2.05) is 29.2 Å². The molecule has 4 heteroatoms. The van der Waals surface area contributed by atoms with Crippen LogP contribution in [0.25, 0.3) is 0 Å². The fourth-order valence-corrected chi connectivity index (χ4v) is 3.27. The number of ether oxygens (including phenoxy) is 2. The Kier molecular flexibility index (Phi) is 3.92. The van der Waals surface area contributed by atoms with Gasteiger partial charge in [0.05, 0.1) is 25.9 Å². The molecule has 1 heterocycles. The van der Waals surface area contributed by atoms with Crippen LogP contribution in [0.2, 0.25) is 0 Å². The standard InChI is InChI=1S/C16H21NO3/c1-19-13-6-4-5-12(11-13)16(18)17-9-10-20-15-8-3-2-7-14(15)17/h4-6,11,14-15H,2-3,7-10H2,1H3. The molecule has 0 aromatic heterocycles. The van der Waals surface area contributed by atoms with E-state index in [4.69, 9.17) is 9.47 Å². The van der Waals surface area contributed by atoms with Gasteiger partial charge in [0, 0.05) is 12.1 Å². The van der Waals surface area contributed by atoms with E-state index in [1.165, 1.54) is 12.8 Å². The molecular weight excluding hydrogens is 254 g/mol. The zero-order valence-corrected chi connectivity index (χ0v) is 11.9. The van der Waals surface area contributed by atoms with E-state index in [9.17, 15) is 4.79 Å². The molecule has 1 aromatic carbocycles. The van der Waals surface area contributed by atoms with E-state index in [-0.39, 0.29) is 18.1 Å². The summed E-state index contributed by atoms with van der Waals surface area (Å²) in [5.41, 5.74) is 0.704. The highest BCUT2D eigenvalue weighted by molar-refractivity contribution is 5.95. The summed E-state index contributed by atoms with van der Waals surface area (Å²) in [6, 6.07) is 7.65. The summed E-state index contributed by atoms with van der Waals surface area (Å²) >= 11 is 0. The Morgan fingerprint density at radius 1 is 1.35 bits per heavy atom. The normalized spacial score (nSPS) is 25.9. The van der Waals surface area contributed by atoms with Crippen molar-refractivity contribution in [3.63, 3.8) is 0 Å². The van der Waals surface area contributed by atoms with Crippen LogP contribution >= 0.6 is 0 Å². The number of morpholine rings is 1. The van der Waals surface area contributed by atoms with E-state index >= 15 is 0 Å². The zero-order chi connectivity index (χ0) is 13.9. The molecule has 0 radical (unpaired) electrons. The smallest absolute Gasteiger partial charge is 0.254 e. The van der Waals surface area contributed by atoms with E-state index in [2.05, 4.69) is 0 Å². The predicted octanol–water partition coefficient (Wildman–Crippen LogP) is 2.48. The van der Waals surface area contributed by atoms with Gasteiger partial charge < -0.3 is 14.4 Å². The minimum Gasteiger partial charge on any atom is -0.497 e. The van der Waals surface area contributed by atoms with Crippen molar-refractivity contribution in [3.05, 3.63) is 29.8 Å². The van der Waals surface area contributed by atoms with Crippen molar-refractivity contribution in [1.82, 2.24) is 4.90 Å². The molecule has 2 unspecified atom stereocenters. The lowest BCUT2D eigenvalue weighted by Gasteiger charge is -2.43. The summed E-state index contributed by atoms with van der Waals surface area (Å²) in [6.07, 6.45) is 4.76. The summed E-state index contributed by atoms with van der Waals surface area (Å²) in [5.74, 6) is 0.827. The highest BCUT2D eigenvalue weighted by Gasteiger charge is 2.36. The Morgan fingerprint density at radius 2 is 2.20 bits per heavy atom. The summed E-state index contributed by atoms with van der Waals surface area (Å²) in [5, 5.41) is 0. The van der Waals surface area contributed by atoms with Crippen molar-refractivity contribution >= 4 is 5.91 Å². The number of carbonyl (C=O) groups excluding carboxylic acids is 1. The molecule has 1 amide bonds. The molecule has 4 nitrogen and oxygen atoms in total. The number of hydrogen-bond acceptors (Lipinski definition) is 3. The SMILES string of the molecule is COc1cccc(C(=O)N2CCOC3CCCCC32)c1. The van der Waals surface area contributed by atoms with Crippen LogP contribution in [0.3, 0.4) is 0 Å². The topological polar surface area (TPSA) is 38.8 Å². The molecule has 0 spiro atoms. The molecule has 2 fully saturated rings. The summed E-state index contributed by atoms with van der Waals surface area (Å²) in [7, 11) is 1.62. The minimum atomic E-state index is 0.101. The number of rotatable bonds is 2. The van der Waals surface area contributed by atoms with E-state index in [1.54, 1.807) is 7.11 Å². The number of amides is 1. The molecule has 20 heavy (non-hydrogen) atoms. The van der Waals surface area contributed by atoms with Gasteiger partial charge in [0.1, 0.15) is 5.75 Å². The van der Waals surface area contributed by atoms with Gasteiger partial charge in [-0.2, -0.15) is 0 Å². The molecule has 2 atom stereocenters. The Balaban J connectivity index is 1.81. The van der Waals surface area contributed by atoms with Crippen molar-refractivity contribution in [2.45, 2.75) is 37.8 Å². The van der Waals surface area contributed by atoms with Gasteiger partial charge in [-0.05, 0) is 31.0 Å². The van der Waals surface area contributed by atoms with Crippen LogP contribution in [-0.2, 0) is 4.74 Å². The third-order valence-corrected chi connectivity index (χ3v) is 4.31. The Hall–Kier alpha value is -1.55. The van der Waals surface area contributed by atoms with Crippen molar-refractivity contribution in [2.75, 3.05) is 20.3 Å². The average molecular weight is 275 g/mol. The molecule has 2 aliphatic rings. The van der Waals surface area contributed by atoms with Crippen LogP contribution in [-0.4, -0.2) is 43.2 Å². The van der Waals surface area contributed by atoms with Gasteiger partial charge in [-0.3, -0.25) is 4.79 Å². The third-order valence-electron chi connectivity index (χ3n) is 4.31. The summed E-state index contributed by atoms with van der Waals surface area (Å²) in [4.78, 5) is 14.7. The molecule has 1 saturated carbocycles. The summed E-state index contributed by atoms with van der Waals surface area (Å²) < 4.78 is 11.0. The second-order valence-electron chi connectivity index (χ2n) is 5.49. The average Bonchev–Trinajstić information content (AvgIpc) is 2.53. The summed E-state index contributed by atoms with van der Waals surface area (Å²) in [6.45, 7) is 1.34. The number of carbonyl (C=O) groups is 1. The van der Waals surface area contributed by atoms with Crippen molar-refractivity contribution < 1.29 is 14.3 Å². The Labute approximate surface area is 119 Å². The van der Waals surface area contributed by atoms with Gasteiger partial charge in [-0.1, -0.05) is 18.9 Å². The molecular formula is C16H21NO3. The lowest BCUT2D eigenvalue weighted by Crippen LogP contribution is -2.54. The fraction of sp³-hybridized carbons (Fsp3) is 0.562.